The Kier molecular flexibility index (Phi) is 8.31. The highest BCUT2D eigenvalue weighted by Gasteiger charge is 2.33. The lowest BCUT2D eigenvalue weighted by atomic mass is 10.2. The molecule has 146 valence electrons. The lowest BCUT2D eigenvalue weighted by Gasteiger charge is -2.14. The van der Waals surface area contributed by atoms with Crippen molar-refractivity contribution >= 4 is 46.3 Å². The number of benzene rings is 1. The van der Waals surface area contributed by atoms with Crippen LogP contribution in [0, 0.1) is 5.92 Å². The van der Waals surface area contributed by atoms with Gasteiger partial charge in [0.1, 0.15) is 16.6 Å². The van der Waals surface area contributed by atoms with Gasteiger partial charge in [-0.15, -0.1) is 0 Å². The van der Waals surface area contributed by atoms with Gasteiger partial charge in [0.2, 0.25) is 0 Å². The first-order chi connectivity index (χ1) is 12.9. The smallest absolute Gasteiger partial charge is 0.326 e. The molecule has 27 heavy (non-hydrogen) atoms. The zero-order valence-corrected chi connectivity index (χ0v) is 17.5. The Hall–Kier alpha value is -1.86. The summed E-state index contributed by atoms with van der Waals surface area (Å²) in [4.78, 5) is 26.2. The highest BCUT2D eigenvalue weighted by molar-refractivity contribution is 8.26. The third-order valence-corrected chi connectivity index (χ3v) is 5.06. The van der Waals surface area contributed by atoms with Gasteiger partial charge in [-0.25, -0.2) is 0 Å². The van der Waals surface area contributed by atoms with E-state index in [1.165, 1.54) is 16.7 Å². The Labute approximate surface area is 170 Å². The van der Waals surface area contributed by atoms with Crippen molar-refractivity contribution in [3.63, 3.8) is 0 Å². The van der Waals surface area contributed by atoms with Crippen LogP contribution in [-0.2, 0) is 14.3 Å². The van der Waals surface area contributed by atoms with Gasteiger partial charge in [-0.05, 0) is 36.1 Å². The average molecular weight is 408 g/mol. The van der Waals surface area contributed by atoms with Gasteiger partial charge in [0.05, 0.1) is 18.1 Å². The molecule has 0 saturated carbocycles. The first-order valence-corrected chi connectivity index (χ1v) is 10.3. The quantitative estimate of drug-likeness (QED) is 0.264. The second-order valence-corrected chi connectivity index (χ2v) is 8.29. The molecule has 1 heterocycles. The third kappa shape index (κ3) is 6.66. The van der Waals surface area contributed by atoms with Crippen LogP contribution in [0.5, 0.6) is 5.75 Å². The zero-order valence-electron chi connectivity index (χ0n) is 15.9. The summed E-state index contributed by atoms with van der Waals surface area (Å²) in [5.74, 6) is 0.333. The van der Waals surface area contributed by atoms with Crippen molar-refractivity contribution in [1.82, 2.24) is 4.90 Å². The minimum absolute atomic E-state index is 0.154. The molecular formula is C20H25NO4S2. The Morgan fingerprint density at radius 1 is 1.30 bits per heavy atom. The number of hydrogen-bond donors (Lipinski definition) is 0. The Morgan fingerprint density at radius 2 is 2.00 bits per heavy atom. The van der Waals surface area contributed by atoms with Crippen molar-refractivity contribution in [2.24, 2.45) is 5.92 Å². The molecule has 0 aliphatic carbocycles. The van der Waals surface area contributed by atoms with Gasteiger partial charge < -0.3 is 9.47 Å². The van der Waals surface area contributed by atoms with E-state index in [0.29, 0.717) is 22.4 Å². The van der Waals surface area contributed by atoms with Gasteiger partial charge in [-0.1, -0.05) is 63.3 Å². The zero-order chi connectivity index (χ0) is 19.8. The number of thiocarbonyl (C=S) groups is 1. The predicted molar refractivity (Wildman–Crippen MR) is 113 cm³/mol. The minimum atomic E-state index is -0.449. The summed E-state index contributed by atoms with van der Waals surface area (Å²) in [7, 11) is 0. The van der Waals surface area contributed by atoms with Crippen molar-refractivity contribution in [2.45, 2.75) is 33.6 Å². The summed E-state index contributed by atoms with van der Waals surface area (Å²) >= 11 is 6.44. The number of nitrogens with zero attached hydrogens (tertiary/aromatic N) is 1. The topological polar surface area (TPSA) is 55.8 Å². The lowest BCUT2D eigenvalue weighted by molar-refractivity contribution is -0.147. The number of ether oxygens (including phenoxy) is 2. The van der Waals surface area contributed by atoms with Crippen molar-refractivity contribution < 1.29 is 19.1 Å². The summed E-state index contributed by atoms with van der Waals surface area (Å²) < 4.78 is 11.1. The van der Waals surface area contributed by atoms with Gasteiger partial charge in [0.25, 0.3) is 5.91 Å². The summed E-state index contributed by atoms with van der Waals surface area (Å²) in [5, 5.41) is 0. The molecule has 0 unspecified atom stereocenters. The molecule has 0 N–H and O–H groups in total. The maximum absolute atomic E-state index is 12.6. The first kappa shape index (κ1) is 21.4. The number of carbonyl (C=O) groups excluding carboxylic acids is 2. The van der Waals surface area contributed by atoms with Crippen molar-refractivity contribution in [1.29, 1.82) is 0 Å². The van der Waals surface area contributed by atoms with Gasteiger partial charge in [-0.3, -0.25) is 14.5 Å². The SMILES string of the molecule is CCCCOc1ccc(/C=C2\SC(=S)N(CC(=O)OCC(C)C)C2=O)cc1. The van der Waals surface area contributed by atoms with Crippen LogP contribution >= 0.6 is 24.0 Å². The van der Waals surface area contributed by atoms with E-state index in [9.17, 15) is 9.59 Å². The molecule has 1 aliphatic rings. The second kappa shape index (κ2) is 10.5. The molecule has 1 aromatic rings. The fourth-order valence-corrected chi connectivity index (χ4v) is 3.47. The van der Waals surface area contributed by atoms with E-state index in [1.54, 1.807) is 6.08 Å². The maximum Gasteiger partial charge on any atom is 0.326 e. The number of amides is 1. The van der Waals surface area contributed by atoms with E-state index in [0.717, 1.165) is 24.2 Å². The predicted octanol–water partition coefficient (Wildman–Crippen LogP) is 4.27. The van der Waals surface area contributed by atoms with Crippen LogP contribution in [0.1, 0.15) is 39.2 Å². The van der Waals surface area contributed by atoms with Gasteiger partial charge >= 0.3 is 5.97 Å². The maximum atomic E-state index is 12.6. The molecule has 0 bridgehead atoms. The van der Waals surface area contributed by atoms with E-state index in [1.807, 2.05) is 38.1 Å². The van der Waals surface area contributed by atoms with Crippen LogP contribution in [0.4, 0.5) is 0 Å². The van der Waals surface area contributed by atoms with E-state index in [-0.39, 0.29) is 18.4 Å². The second-order valence-electron chi connectivity index (χ2n) is 6.62. The fraction of sp³-hybridized carbons (Fsp3) is 0.450. The molecule has 0 atom stereocenters. The molecular weight excluding hydrogens is 382 g/mol. The summed E-state index contributed by atoms with van der Waals surface area (Å²) in [6.45, 7) is 6.90. The Bertz CT molecular complexity index is 713. The van der Waals surface area contributed by atoms with E-state index in [4.69, 9.17) is 21.7 Å². The number of unbranched alkanes of at least 4 members (excludes halogenated alkanes) is 1. The van der Waals surface area contributed by atoms with Crippen LogP contribution in [-0.4, -0.2) is 40.9 Å². The molecule has 2 rings (SSSR count). The fourth-order valence-electron chi connectivity index (χ4n) is 2.22. The molecule has 5 nitrogen and oxygen atoms in total. The molecule has 1 aromatic carbocycles. The molecule has 1 amide bonds. The molecule has 7 heteroatoms. The number of rotatable bonds is 9. The highest BCUT2D eigenvalue weighted by atomic mass is 32.2. The van der Waals surface area contributed by atoms with Crippen molar-refractivity contribution in [2.75, 3.05) is 19.8 Å². The molecule has 1 saturated heterocycles. The van der Waals surface area contributed by atoms with Gasteiger partial charge in [-0.2, -0.15) is 0 Å². The molecule has 0 aromatic heterocycles. The van der Waals surface area contributed by atoms with Gasteiger partial charge in [0.15, 0.2) is 0 Å². The first-order valence-electron chi connectivity index (χ1n) is 9.04. The molecule has 0 radical (unpaired) electrons. The van der Waals surface area contributed by atoms with E-state index in [2.05, 4.69) is 6.92 Å². The minimum Gasteiger partial charge on any atom is -0.494 e. The summed E-state index contributed by atoms with van der Waals surface area (Å²) in [6.07, 6.45) is 3.88. The van der Waals surface area contributed by atoms with Crippen LogP contribution in [0.15, 0.2) is 29.2 Å². The monoisotopic (exact) mass is 407 g/mol. The summed E-state index contributed by atoms with van der Waals surface area (Å²) in [5.41, 5.74) is 0.876. The van der Waals surface area contributed by atoms with Gasteiger partial charge in [0, 0.05) is 0 Å². The molecule has 1 aliphatic heterocycles. The largest absolute Gasteiger partial charge is 0.494 e. The van der Waals surface area contributed by atoms with Crippen LogP contribution in [0.3, 0.4) is 0 Å². The van der Waals surface area contributed by atoms with E-state index >= 15 is 0 Å². The van der Waals surface area contributed by atoms with Crippen LogP contribution in [0.25, 0.3) is 6.08 Å². The Balaban J connectivity index is 1.97. The van der Waals surface area contributed by atoms with Crippen LogP contribution < -0.4 is 4.74 Å². The van der Waals surface area contributed by atoms with Crippen LogP contribution in [0.2, 0.25) is 0 Å². The third-order valence-electron chi connectivity index (χ3n) is 3.68. The Morgan fingerprint density at radius 3 is 2.63 bits per heavy atom. The molecule has 1 fully saturated rings. The number of thioether (sulfide) groups is 1. The number of hydrogen-bond acceptors (Lipinski definition) is 6. The van der Waals surface area contributed by atoms with Crippen molar-refractivity contribution in [3.05, 3.63) is 34.7 Å². The highest BCUT2D eigenvalue weighted by Crippen LogP contribution is 2.32. The molecule has 0 spiro atoms. The summed E-state index contributed by atoms with van der Waals surface area (Å²) in [6, 6.07) is 7.55. The average Bonchev–Trinajstić information content (AvgIpc) is 2.89. The lowest BCUT2D eigenvalue weighted by Crippen LogP contribution is -2.34. The van der Waals surface area contributed by atoms with Crippen molar-refractivity contribution in [3.8, 4) is 5.75 Å². The number of carbonyl (C=O) groups is 2. The van der Waals surface area contributed by atoms with E-state index < -0.39 is 5.97 Å². The number of esters is 1. The standard InChI is InChI=1S/C20H25NO4S2/c1-4-5-10-24-16-8-6-15(7-9-16)11-17-19(23)21(20(26)27-17)12-18(22)25-13-14(2)3/h6-9,11,14H,4-5,10,12-13H2,1-3H3/b17-11-. The normalized spacial score (nSPS) is 15.7.